The van der Waals surface area contributed by atoms with Gasteiger partial charge in [-0.3, -0.25) is 0 Å². The van der Waals surface area contributed by atoms with Crippen molar-refractivity contribution in [1.29, 1.82) is 0 Å². The monoisotopic (exact) mass is 190 g/mol. The molecule has 2 rings (SSSR count). The summed E-state index contributed by atoms with van der Waals surface area (Å²) in [6.07, 6.45) is 12.5. The highest BCUT2D eigenvalue weighted by Gasteiger charge is 2.55. The Bertz CT molecular complexity index is 268. The minimum absolute atomic E-state index is 0.583. The molecule has 0 amide bonds. The maximum Gasteiger partial charge on any atom is -0.0143 e. The van der Waals surface area contributed by atoms with Gasteiger partial charge in [-0.05, 0) is 49.9 Å². The Morgan fingerprint density at radius 2 is 1.93 bits per heavy atom. The summed E-state index contributed by atoms with van der Waals surface area (Å²) in [5, 5.41) is 0. The molecule has 0 N–H and O–H groups in total. The Balaban J connectivity index is 2.10. The van der Waals surface area contributed by atoms with Crippen LogP contribution in [0.2, 0.25) is 0 Å². The molecular weight excluding hydrogens is 168 g/mol. The van der Waals surface area contributed by atoms with Gasteiger partial charge in [0.25, 0.3) is 0 Å². The van der Waals surface area contributed by atoms with Crippen LogP contribution in [0.1, 0.15) is 46.5 Å². The van der Waals surface area contributed by atoms with Crippen molar-refractivity contribution in [1.82, 2.24) is 0 Å². The molecule has 78 valence electrons. The van der Waals surface area contributed by atoms with Gasteiger partial charge >= 0.3 is 0 Å². The fourth-order valence-electron chi connectivity index (χ4n) is 2.88. The lowest BCUT2D eigenvalue weighted by molar-refractivity contribution is 0.532. The summed E-state index contributed by atoms with van der Waals surface area (Å²) in [4.78, 5) is 0. The van der Waals surface area contributed by atoms with Crippen molar-refractivity contribution in [2.24, 2.45) is 17.3 Å². The summed E-state index contributed by atoms with van der Waals surface area (Å²) < 4.78 is 0. The SMILES string of the molecule is CC1=CC2C(CCC=CCC1)C2(C)C. The van der Waals surface area contributed by atoms with Crippen LogP contribution < -0.4 is 0 Å². The summed E-state index contributed by atoms with van der Waals surface area (Å²) in [5.74, 6) is 1.81. The van der Waals surface area contributed by atoms with E-state index in [0.717, 1.165) is 11.8 Å². The van der Waals surface area contributed by atoms with Gasteiger partial charge in [0.15, 0.2) is 0 Å². The van der Waals surface area contributed by atoms with Crippen molar-refractivity contribution >= 4 is 0 Å². The van der Waals surface area contributed by atoms with Gasteiger partial charge < -0.3 is 0 Å². The molecule has 0 heterocycles. The fourth-order valence-corrected chi connectivity index (χ4v) is 2.88. The van der Waals surface area contributed by atoms with Crippen molar-refractivity contribution in [3.05, 3.63) is 23.8 Å². The molecule has 1 saturated carbocycles. The normalized spacial score (nSPS) is 35.8. The number of fused-ring (bicyclic) bond motifs is 1. The summed E-state index contributed by atoms with van der Waals surface area (Å²) in [5.41, 5.74) is 2.18. The second kappa shape index (κ2) is 3.56. The average Bonchev–Trinajstić information content (AvgIpc) is 2.63. The van der Waals surface area contributed by atoms with Gasteiger partial charge in [0, 0.05) is 0 Å². The molecule has 2 aliphatic rings. The highest BCUT2D eigenvalue weighted by Crippen LogP contribution is 2.61. The van der Waals surface area contributed by atoms with Crippen LogP contribution in [-0.4, -0.2) is 0 Å². The van der Waals surface area contributed by atoms with E-state index in [4.69, 9.17) is 0 Å². The largest absolute Gasteiger partial charge is 0.0885 e. The predicted molar refractivity (Wildman–Crippen MR) is 62.1 cm³/mol. The highest BCUT2D eigenvalue weighted by molar-refractivity contribution is 5.18. The van der Waals surface area contributed by atoms with Gasteiger partial charge in [-0.25, -0.2) is 0 Å². The maximum absolute atomic E-state index is 2.55. The molecule has 14 heavy (non-hydrogen) atoms. The topological polar surface area (TPSA) is 0 Å². The predicted octanol–water partition coefficient (Wildman–Crippen LogP) is 4.34. The first-order valence-corrected chi connectivity index (χ1v) is 5.94. The molecule has 1 fully saturated rings. The summed E-state index contributed by atoms with van der Waals surface area (Å²) in [6.45, 7) is 7.14. The number of hydrogen-bond donors (Lipinski definition) is 0. The molecule has 0 nitrogen and oxygen atoms in total. The van der Waals surface area contributed by atoms with E-state index in [-0.39, 0.29) is 0 Å². The molecule has 2 atom stereocenters. The second-order valence-electron chi connectivity index (χ2n) is 5.55. The zero-order chi connectivity index (χ0) is 10.2. The van der Waals surface area contributed by atoms with Crippen LogP contribution >= 0.6 is 0 Å². The minimum Gasteiger partial charge on any atom is -0.0885 e. The van der Waals surface area contributed by atoms with Crippen molar-refractivity contribution < 1.29 is 0 Å². The average molecular weight is 190 g/mol. The van der Waals surface area contributed by atoms with Crippen LogP contribution in [0.4, 0.5) is 0 Å². The summed E-state index contributed by atoms with van der Waals surface area (Å²) in [6, 6.07) is 0. The smallest absolute Gasteiger partial charge is 0.0143 e. The van der Waals surface area contributed by atoms with Crippen molar-refractivity contribution in [2.45, 2.75) is 46.5 Å². The van der Waals surface area contributed by atoms with Crippen LogP contribution in [0, 0.1) is 17.3 Å². The maximum atomic E-state index is 2.55. The fraction of sp³-hybridized carbons (Fsp3) is 0.714. The molecule has 2 aliphatic carbocycles. The first-order chi connectivity index (χ1) is 6.62. The van der Waals surface area contributed by atoms with Gasteiger partial charge in [-0.1, -0.05) is 37.6 Å². The third kappa shape index (κ3) is 1.80. The molecule has 0 radical (unpaired) electrons. The lowest BCUT2D eigenvalue weighted by Crippen LogP contribution is -1.89. The Morgan fingerprint density at radius 1 is 1.21 bits per heavy atom. The first-order valence-electron chi connectivity index (χ1n) is 5.94. The molecule has 2 unspecified atom stereocenters. The number of rotatable bonds is 0. The number of allylic oxidation sites excluding steroid dienone is 4. The van der Waals surface area contributed by atoms with Gasteiger partial charge in [0.2, 0.25) is 0 Å². The highest BCUT2D eigenvalue weighted by atomic mass is 14.6. The standard InChI is InChI=1S/C14H22/c1-11-8-6-4-5-7-9-12-13(10-11)14(12,2)3/h4-5,10,12-13H,6-9H2,1-3H3. The molecule has 0 spiro atoms. The Hall–Kier alpha value is -0.520. The Kier molecular flexibility index (Phi) is 2.55. The van der Waals surface area contributed by atoms with Gasteiger partial charge in [-0.15, -0.1) is 0 Å². The minimum atomic E-state index is 0.583. The van der Waals surface area contributed by atoms with E-state index < -0.39 is 0 Å². The van der Waals surface area contributed by atoms with E-state index in [2.05, 4.69) is 39.0 Å². The van der Waals surface area contributed by atoms with Gasteiger partial charge in [-0.2, -0.15) is 0 Å². The third-order valence-electron chi connectivity index (χ3n) is 4.12. The lowest BCUT2D eigenvalue weighted by Gasteiger charge is -2.01. The zero-order valence-electron chi connectivity index (χ0n) is 9.72. The van der Waals surface area contributed by atoms with Crippen LogP contribution in [0.5, 0.6) is 0 Å². The van der Waals surface area contributed by atoms with E-state index in [1.807, 2.05) is 0 Å². The molecule has 0 aromatic rings. The first kappa shape index (κ1) is 10.0. The second-order valence-corrected chi connectivity index (χ2v) is 5.55. The summed E-state index contributed by atoms with van der Waals surface area (Å²) in [7, 11) is 0. The van der Waals surface area contributed by atoms with Crippen LogP contribution in [0.25, 0.3) is 0 Å². The summed E-state index contributed by atoms with van der Waals surface area (Å²) >= 11 is 0. The Morgan fingerprint density at radius 3 is 2.71 bits per heavy atom. The van der Waals surface area contributed by atoms with Crippen molar-refractivity contribution in [2.75, 3.05) is 0 Å². The third-order valence-corrected chi connectivity index (χ3v) is 4.12. The van der Waals surface area contributed by atoms with Crippen LogP contribution in [0.15, 0.2) is 23.8 Å². The lowest BCUT2D eigenvalue weighted by atomic mass is 10.1. The van der Waals surface area contributed by atoms with Crippen LogP contribution in [0.3, 0.4) is 0 Å². The van der Waals surface area contributed by atoms with E-state index in [1.54, 1.807) is 5.57 Å². The van der Waals surface area contributed by atoms with Crippen molar-refractivity contribution in [3.63, 3.8) is 0 Å². The molecule has 0 saturated heterocycles. The van der Waals surface area contributed by atoms with E-state index in [0.29, 0.717) is 5.41 Å². The number of hydrogen-bond acceptors (Lipinski definition) is 0. The molecule has 0 aromatic heterocycles. The molecular formula is C14H22. The van der Waals surface area contributed by atoms with Crippen molar-refractivity contribution in [3.8, 4) is 0 Å². The molecule has 0 heteroatoms. The quantitative estimate of drug-likeness (QED) is 0.499. The molecule has 0 aromatic carbocycles. The van der Waals surface area contributed by atoms with Gasteiger partial charge in [0.05, 0.1) is 0 Å². The van der Waals surface area contributed by atoms with E-state index in [9.17, 15) is 0 Å². The Labute approximate surface area is 88.1 Å². The zero-order valence-corrected chi connectivity index (χ0v) is 9.72. The van der Waals surface area contributed by atoms with Gasteiger partial charge in [0.1, 0.15) is 0 Å². The molecule has 0 aliphatic heterocycles. The van der Waals surface area contributed by atoms with E-state index in [1.165, 1.54) is 25.7 Å². The van der Waals surface area contributed by atoms with E-state index >= 15 is 0 Å². The molecule has 0 bridgehead atoms. The van der Waals surface area contributed by atoms with Crippen LogP contribution in [-0.2, 0) is 0 Å².